The molecule has 3 rings (SSSR count). The minimum Gasteiger partial charge on any atom is -0.496 e. The normalized spacial score (nSPS) is 17.8. The summed E-state index contributed by atoms with van der Waals surface area (Å²) >= 11 is 0. The van der Waals surface area contributed by atoms with Crippen LogP contribution in [0.4, 0.5) is 0 Å². The average Bonchev–Trinajstić information content (AvgIpc) is 2.34. The van der Waals surface area contributed by atoms with E-state index in [-0.39, 0.29) is 0 Å². The van der Waals surface area contributed by atoms with Crippen molar-refractivity contribution < 1.29 is 4.74 Å². The molecular weight excluding hydrogens is 196 g/mol. The van der Waals surface area contributed by atoms with Crippen LogP contribution in [0.5, 0.6) is 5.75 Å². The highest BCUT2D eigenvalue weighted by Crippen LogP contribution is 2.38. The van der Waals surface area contributed by atoms with Crippen molar-refractivity contribution in [2.24, 2.45) is 0 Å². The van der Waals surface area contributed by atoms with Crippen molar-refractivity contribution in [2.75, 3.05) is 7.11 Å². The smallest absolute Gasteiger partial charge is 0.126 e. The highest BCUT2D eigenvalue weighted by Gasteiger charge is 2.15. The first kappa shape index (κ1) is 9.46. The van der Waals surface area contributed by atoms with Crippen molar-refractivity contribution >= 4 is 16.8 Å². The molecule has 2 aromatic rings. The van der Waals surface area contributed by atoms with Crippen LogP contribution in [0.1, 0.15) is 24.0 Å². The molecule has 1 nitrogen and oxygen atoms in total. The van der Waals surface area contributed by atoms with E-state index in [2.05, 4.69) is 43.3 Å². The van der Waals surface area contributed by atoms with Gasteiger partial charge in [-0.1, -0.05) is 43.3 Å². The Morgan fingerprint density at radius 3 is 2.81 bits per heavy atom. The zero-order valence-electron chi connectivity index (χ0n) is 9.53. The van der Waals surface area contributed by atoms with Gasteiger partial charge in [-0.15, -0.1) is 0 Å². The molecule has 1 heteroatoms. The van der Waals surface area contributed by atoms with Gasteiger partial charge in [0.05, 0.1) is 7.11 Å². The van der Waals surface area contributed by atoms with Gasteiger partial charge in [-0.05, 0) is 28.5 Å². The fraction of sp³-hybridized carbons (Fsp3) is 0.200. The summed E-state index contributed by atoms with van der Waals surface area (Å²) in [5.74, 6) is 1.45. The van der Waals surface area contributed by atoms with E-state index < -0.39 is 0 Å². The highest BCUT2D eigenvalue weighted by molar-refractivity contribution is 5.99. The molecule has 0 saturated carbocycles. The molecule has 80 valence electrons. The Balaban J connectivity index is 2.47. The Kier molecular flexibility index (Phi) is 2.00. The molecule has 0 aliphatic heterocycles. The van der Waals surface area contributed by atoms with Crippen LogP contribution in [-0.4, -0.2) is 7.11 Å². The minimum atomic E-state index is 0.489. The maximum absolute atomic E-state index is 5.42. The third-order valence-electron chi connectivity index (χ3n) is 3.34. The third-order valence-corrected chi connectivity index (χ3v) is 3.34. The zero-order valence-corrected chi connectivity index (χ0v) is 9.53. The lowest BCUT2D eigenvalue weighted by Gasteiger charge is -2.19. The van der Waals surface area contributed by atoms with Gasteiger partial charge in [-0.25, -0.2) is 0 Å². The van der Waals surface area contributed by atoms with Crippen LogP contribution in [0, 0.1) is 0 Å². The number of hydrogen-bond donors (Lipinski definition) is 0. The van der Waals surface area contributed by atoms with Crippen LogP contribution >= 0.6 is 0 Å². The molecule has 0 bridgehead atoms. The molecule has 0 N–H and O–H groups in total. The van der Waals surface area contributed by atoms with Crippen LogP contribution in [0.2, 0.25) is 0 Å². The number of hydrogen-bond acceptors (Lipinski definition) is 1. The Morgan fingerprint density at radius 1 is 1.12 bits per heavy atom. The summed E-state index contributed by atoms with van der Waals surface area (Å²) in [6, 6.07) is 10.6. The maximum atomic E-state index is 5.42. The molecule has 0 heterocycles. The molecule has 1 unspecified atom stereocenters. The lowest BCUT2D eigenvalue weighted by Crippen LogP contribution is -1.98. The van der Waals surface area contributed by atoms with Gasteiger partial charge in [0.15, 0.2) is 0 Å². The van der Waals surface area contributed by atoms with E-state index in [0.717, 1.165) is 5.75 Å². The molecule has 2 aromatic carbocycles. The van der Waals surface area contributed by atoms with Crippen molar-refractivity contribution in [3.8, 4) is 5.75 Å². The van der Waals surface area contributed by atoms with E-state index >= 15 is 0 Å². The van der Waals surface area contributed by atoms with E-state index in [1.165, 1.54) is 21.9 Å². The molecule has 16 heavy (non-hydrogen) atoms. The van der Waals surface area contributed by atoms with Crippen molar-refractivity contribution in [1.82, 2.24) is 0 Å². The second-order valence-corrected chi connectivity index (χ2v) is 4.27. The number of ether oxygens (including phenoxy) is 1. The van der Waals surface area contributed by atoms with Crippen molar-refractivity contribution in [1.29, 1.82) is 0 Å². The van der Waals surface area contributed by atoms with E-state index in [4.69, 9.17) is 4.74 Å². The Morgan fingerprint density at radius 2 is 2.00 bits per heavy atom. The van der Waals surface area contributed by atoms with Gasteiger partial charge in [0, 0.05) is 5.39 Å². The molecule has 0 saturated heterocycles. The molecule has 0 aromatic heterocycles. The predicted octanol–water partition coefficient (Wildman–Crippen LogP) is 3.98. The van der Waals surface area contributed by atoms with Gasteiger partial charge in [-0.2, -0.15) is 0 Å². The van der Waals surface area contributed by atoms with Crippen LogP contribution in [0.3, 0.4) is 0 Å². The fourth-order valence-corrected chi connectivity index (χ4v) is 2.48. The van der Waals surface area contributed by atoms with Gasteiger partial charge in [0.1, 0.15) is 5.75 Å². The molecular formula is C15H14O. The van der Waals surface area contributed by atoms with Crippen molar-refractivity contribution in [3.63, 3.8) is 0 Å². The zero-order chi connectivity index (χ0) is 11.1. The summed E-state index contributed by atoms with van der Waals surface area (Å²) in [5, 5.41) is 2.56. The fourth-order valence-electron chi connectivity index (χ4n) is 2.48. The van der Waals surface area contributed by atoms with Crippen molar-refractivity contribution in [2.45, 2.75) is 12.8 Å². The monoisotopic (exact) mass is 210 g/mol. The first-order valence-electron chi connectivity index (χ1n) is 5.59. The summed E-state index contributed by atoms with van der Waals surface area (Å²) in [5.41, 5.74) is 2.69. The molecule has 0 radical (unpaired) electrons. The molecule has 1 atom stereocenters. The van der Waals surface area contributed by atoms with Gasteiger partial charge in [0.25, 0.3) is 0 Å². The largest absolute Gasteiger partial charge is 0.496 e. The summed E-state index contributed by atoms with van der Waals surface area (Å²) in [6.07, 6.45) is 4.46. The van der Waals surface area contributed by atoms with Crippen LogP contribution < -0.4 is 4.74 Å². The number of allylic oxidation sites excluding steroid dienone is 1. The minimum absolute atomic E-state index is 0.489. The van der Waals surface area contributed by atoms with E-state index in [0.29, 0.717) is 5.92 Å². The van der Waals surface area contributed by atoms with Gasteiger partial charge < -0.3 is 4.74 Å². The first-order chi connectivity index (χ1) is 7.81. The van der Waals surface area contributed by atoms with E-state index in [1.807, 2.05) is 6.07 Å². The Hall–Kier alpha value is -1.76. The summed E-state index contributed by atoms with van der Waals surface area (Å²) < 4.78 is 5.42. The van der Waals surface area contributed by atoms with Crippen molar-refractivity contribution in [3.05, 3.63) is 47.5 Å². The molecule has 0 amide bonds. The molecule has 1 aliphatic carbocycles. The summed E-state index contributed by atoms with van der Waals surface area (Å²) in [6.45, 7) is 2.23. The Labute approximate surface area is 95.4 Å². The summed E-state index contributed by atoms with van der Waals surface area (Å²) in [4.78, 5) is 0. The average molecular weight is 210 g/mol. The van der Waals surface area contributed by atoms with Crippen LogP contribution in [0.25, 0.3) is 16.8 Å². The third kappa shape index (κ3) is 1.18. The quantitative estimate of drug-likeness (QED) is 0.691. The lowest BCUT2D eigenvalue weighted by molar-refractivity contribution is 0.420. The van der Waals surface area contributed by atoms with Gasteiger partial charge in [0.2, 0.25) is 0 Å². The number of rotatable bonds is 1. The topological polar surface area (TPSA) is 9.23 Å². The second-order valence-electron chi connectivity index (χ2n) is 4.27. The SMILES string of the molecule is COc1ccc2c3c(cccc13)C(C)C=C2. The van der Waals surface area contributed by atoms with Gasteiger partial charge in [-0.3, -0.25) is 0 Å². The standard InChI is InChI=1S/C15H14O/c1-10-6-7-11-8-9-14(16-2)13-5-3-4-12(10)15(11)13/h3-10H,1-2H3. The highest BCUT2D eigenvalue weighted by atomic mass is 16.5. The number of benzene rings is 2. The second kappa shape index (κ2) is 3.38. The van der Waals surface area contributed by atoms with Crippen LogP contribution in [-0.2, 0) is 0 Å². The van der Waals surface area contributed by atoms with E-state index in [1.54, 1.807) is 7.11 Å². The number of methoxy groups -OCH3 is 1. The predicted molar refractivity (Wildman–Crippen MR) is 67.9 cm³/mol. The maximum Gasteiger partial charge on any atom is 0.126 e. The summed E-state index contributed by atoms with van der Waals surface area (Å²) in [7, 11) is 1.73. The molecule has 0 spiro atoms. The Bertz CT molecular complexity index is 581. The molecule has 1 aliphatic rings. The molecule has 0 fully saturated rings. The van der Waals surface area contributed by atoms with Gasteiger partial charge >= 0.3 is 0 Å². The first-order valence-corrected chi connectivity index (χ1v) is 5.59. The van der Waals surface area contributed by atoms with Crippen LogP contribution in [0.15, 0.2) is 36.4 Å². The van der Waals surface area contributed by atoms with E-state index in [9.17, 15) is 0 Å². The lowest BCUT2D eigenvalue weighted by atomic mass is 9.87.